The van der Waals surface area contributed by atoms with Crippen molar-refractivity contribution in [2.24, 2.45) is 12.8 Å². The Labute approximate surface area is 155 Å². The lowest BCUT2D eigenvalue weighted by Gasteiger charge is -2.41. The molecule has 3 N–H and O–H groups in total. The van der Waals surface area contributed by atoms with Crippen molar-refractivity contribution < 1.29 is 23.8 Å². The number of fused-ring (bicyclic) bond motifs is 1. The number of carbonyl (C=O) groups excluding carboxylic acids is 1. The van der Waals surface area contributed by atoms with Gasteiger partial charge in [-0.25, -0.2) is 4.98 Å². The predicted molar refractivity (Wildman–Crippen MR) is 96.6 cm³/mol. The van der Waals surface area contributed by atoms with Crippen LogP contribution in [0.3, 0.4) is 0 Å². The zero-order chi connectivity index (χ0) is 19.2. The highest BCUT2D eigenvalue weighted by molar-refractivity contribution is 6.08. The molecule has 27 heavy (non-hydrogen) atoms. The van der Waals surface area contributed by atoms with Gasteiger partial charge in [0.1, 0.15) is 29.5 Å². The van der Waals surface area contributed by atoms with Crippen LogP contribution in [0.4, 0.5) is 0 Å². The Morgan fingerprint density at radius 3 is 2.78 bits per heavy atom. The Kier molecular flexibility index (Phi) is 4.16. The molecule has 0 saturated carbocycles. The van der Waals surface area contributed by atoms with Crippen LogP contribution in [0, 0.1) is 6.92 Å². The molecule has 0 unspecified atom stereocenters. The van der Waals surface area contributed by atoms with Gasteiger partial charge in [0, 0.05) is 30.4 Å². The van der Waals surface area contributed by atoms with Gasteiger partial charge in [0.05, 0.1) is 30.8 Å². The molecule has 1 aliphatic rings. The topological polar surface area (TPSA) is 113 Å². The number of primary amides is 1. The molecule has 1 aliphatic heterocycles. The molecular formula is C19H21N3O5. The van der Waals surface area contributed by atoms with Gasteiger partial charge in [-0.05, 0) is 19.1 Å². The molecule has 0 atom stereocenters. The number of furan rings is 1. The van der Waals surface area contributed by atoms with Crippen LogP contribution in [0.5, 0.6) is 5.75 Å². The third-order valence-corrected chi connectivity index (χ3v) is 5.11. The van der Waals surface area contributed by atoms with E-state index in [-0.39, 0.29) is 13.2 Å². The molecule has 142 valence electrons. The second kappa shape index (κ2) is 6.40. The van der Waals surface area contributed by atoms with Crippen molar-refractivity contribution in [3.8, 4) is 5.75 Å². The molecule has 0 spiro atoms. The highest BCUT2D eigenvalue weighted by Crippen LogP contribution is 2.45. The Bertz CT molecular complexity index is 1010. The highest BCUT2D eigenvalue weighted by atomic mass is 16.5. The summed E-state index contributed by atoms with van der Waals surface area (Å²) in [5, 5.41) is 10.7. The Hall–Kier alpha value is -2.84. The molecule has 1 fully saturated rings. The number of imidazole rings is 1. The average Bonchev–Trinajstić information content (AvgIpc) is 3.15. The SMILES string of the molecule is Cc1oc2ccc(OCc3nccn3C)c(C3(CO)COC3)c2c1C(N)=O. The van der Waals surface area contributed by atoms with Gasteiger partial charge < -0.3 is 29.3 Å². The number of rotatable bonds is 6. The molecule has 0 bridgehead atoms. The second-order valence-electron chi connectivity index (χ2n) is 6.88. The van der Waals surface area contributed by atoms with Gasteiger partial charge in [-0.3, -0.25) is 4.79 Å². The van der Waals surface area contributed by atoms with Gasteiger partial charge >= 0.3 is 0 Å². The van der Waals surface area contributed by atoms with Gasteiger partial charge in [-0.15, -0.1) is 0 Å². The zero-order valence-electron chi connectivity index (χ0n) is 15.2. The van der Waals surface area contributed by atoms with Crippen LogP contribution in [-0.2, 0) is 23.8 Å². The van der Waals surface area contributed by atoms with Crippen molar-refractivity contribution in [2.75, 3.05) is 19.8 Å². The van der Waals surface area contributed by atoms with Gasteiger partial charge in [0.2, 0.25) is 0 Å². The maximum absolute atomic E-state index is 12.1. The number of nitrogens with two attached hydrogens (primary N) is 1. The van der Waals surface area contributed by atoms with Gasteiger partial charge in [-0.1, -0.05) is 0 Å². The summed E-state index contributed by atoms with van der Waals surface area (Å²) in [7, 11) is 1.88. The standard InChI is InChI=1S/C19H21N3O5/c1-11-15(18(20)24)16-12(27-11)3-4-13(17(16)19(8-23)9-25-10-19)26-7-14-21-5-6-22(14)2/h3-6,23H,7-10H2,1-2H3,(H2,20,24). The summed E-state index contributed by atoms with van der Waals surface area (Å²) in [6.45, 7) is 2.44. The number of aliphatic hydroxyl groups excluding tert-OH is 1. The molecule has 4 rings (SSSR count). The molecule has 1 saturated heterocycles. The number of aromatic nitrogens is 2. The summed E-state index contributed by atoms with van der Waals surface area (Å²) in [6.07, 6.45) is 3.53. The number of benzene rings is 1. The smallest absolute Gasteiger partial charge is 0.252 e. The maximum atomic E-state index is 12.1. The molecule has 1 aromatic carbocycles. The molecule has 1 amide bonds. The van der Waals surface area contributed by atoms with E-state index in [9.17, 15) is 9.90 Å². The average molecular weight is 371 g/mol. The summed E-state index contributed by atoms with van der Waals surface area (Å²) in [5.41, 5.74) is 6.47. The van der Waals surface area contributed by atoms with Crippen LogP contribution in [0.1, 0.15) is 27.5 Å². The molecular weight excluding hydrogens is 350 g/mol. The van der Waals surface area contributed by atoms with Gasteiger partial charge in [0.15, 0.2) is 0 Å². The van der Waals surface area contributed by atoms with E-state index in [1.54, 1.807) is 25.3 Å². The molecule has 0 radical (unpaired) electrons. The van der Waals surface area contributed by atoms with Crippen LogP contribution < -0.4 is 10.5 Å². The lowest BCUT2D eigenvalue weighted by Crippen LogP contribution is -2.50. The molecule has 3 heterocycles. The summed E-state index contributed by atoms with van der Waals surface area (Å²) in [4.78, 5) is 16.3. The minimum absolute atomic E-state index is 0.146. The first-order chi connectivity index (χ1) is 13.0. The Balaban J connectivity index is 1.89. The van der Waals surface area contributed by atoms with Crippen molar-refractivity contribution in [3.05, 3.63) is 47.2 Å². The van der Waals surface area contributed by atoms with E-state index in [1.165, 1.54) is 0 Å². The lowest BCUT2D eigenvalue weighted by molar-refractivity contribution is -0.0844. The first kappa shape index (κ1) is 17.6. The molecule has 8 heteroatoms. The molecule has 2 aromatic heterocycles. The normalized spacial score (nSPS) is 15.7. The Morgan fingerprint density at radius 2 is 2.22 bits per heavy atom. The summed E-state index contributed by atoms with van der Waals surface area (Å²) < 4.78 is 19.0. The van der Waals surface area contributed by atoms with Crippen LogP contribution >= 0.6 is 0 Å². The number of hydrogen-bond donors (Lipinski definition) is 2. The third kappa shape index (κ3) is 2.68. The quantitative estimate of drug-likeness (QED) is 0.677. The van der Waals surface area contributed by atoms with Crippen molar-refractivity contribution in [2.45, 2.75) is 18.9 Å². The van der Waals surface area contributed by atoms with Crippen LogP contribution in [0.2, 0.25) is 0 Å². The molecule has 0 aliphatic carbocycles. The number of aryl methyl sites for hydroxylation is 2. The first-order valence-electron chi connectivity index (χ1n) is 8.61. The van der Waals surface area contributed by atoms with Crippen LogP contribution in [-0.4, -0.2) is 40.4 Å². The van der Waals surface area contributed by atoms with Crippen molar-refractivity contribution in [1.29, 1.82) is 0 Å². The van der Waals surface area contributed by atoms with E-state index in [2.05, 4.69) is 4.98 Å². The van der Waals surface area contributed by atoms with Crippen molar-refractivity contribution in [3.63, 3.8) is 0 Å². The zero-order valence-corrected chi connectivity index (χ0v) is 15.2. The van der Waals surface area contributed by atoms with E-state index < -0.39 is 11.3 Å². The molecule has 3 aromatic rings. The monoisotopic (exact) mass is 371 g/mol. The number of nitrogens with zero attached hydrogens (tertiary/aromatic N) is 2. The fraction of sp³-hybridized carbons (Fsp3) is 0.368. The Morgan fingerprint density at radius 1 is 1.44 bits per heavy atom. The van der Waals surface area contributed by atoms with E-state index in [0.29, 0.717) is 46.8 Å². The summed E-state index contributed by atoms with van der Waals surface area (Å²) in [6, 6.07) is 3.53. The fourth-order valence-corrected chi connectivity index (χ4v) is 3.57. The fourth-order valence-electron chi connectivity index (χ4n) is 3.57. The maximum Gasteiger partial charge on any atom is 0.252 e. The van der Waals surface area contributed by atoms with Crippen LogP contribution in [0.15, 0.2) is 28.9 Å². The number of carbonyl (C=O) groups is 1. The lowest BCUT2D eigenvalue weighted by atomic mass is 9.76. The highest BCUT2D eigenvalue weighted by Gasteiger charge is 2.44. The van der Waals surface area contributed by atoms with Gasteiger partial charge in [0.25, 0.3) is 5.91 Å². The van der Waals surface area contributed by atoms with Crippen molar-refractivity contribution >= 4 is 16.9 Å². The number of ether oxygens (including phenoxy) is 2. The van der Waals surface area contributed by atoms with Crippen LogP contribution in [0.25, 0.3) is 11.0 Å². The van der Waals surface area contributed by atoms with E-state index in [0.717, 1.165) is 5.82 Å². The summed E-state index contributed by atoms with van der Waals surface area (Å²) in [5.74, 6) is 1.16. The number of aliphatic hydroxyl groups is 1. The van der Waals surface area contributed by atoms with Crippen molar-refractivity contribution in [1.82, 2.24) is 9.55 Å². The number of hydrogen-bond acceptors (Lipinski definition) is 6. The van der Waals surface area contributed by atoms with E-state index in [1.807, 2.05) is 17.8 Å². The minimum Gasteiger partial charge on any atom is -0.485 e. The van der Waals surface area contributed by atoms with E-state index >= 15 is 0 Å². The number of amides is 1. The largest absolute Gasteiger partial charge is 0.485 e. The minimum atomic E-state index is -0.670. The third-order valence-electron chi connectivity index (χ3n) is 5.11. The predicted octanol–water partition coefficient (Wildman–Crippen LogP) is 1.41. The van der Waals surface area contributed by atoms with E-state index in [4.69, 9.17) is 19.6 Å². The van der Waals surface area contributed by atoms with Gasteiger partial charge in [-0.2, -0.15) is 0 Å². The second-order valence-corrected chi connectivity index (χ2v) is 6.88. The summed E-state index contributed by atoms with van der Waals surface area (Å²) >= 11 is 0. The molecule has 8 nitrogen and oxygen atoms in total. The first-order valence-corrected chi connectivity index (χ1v) is 8.61.